The molecule has 0 fully saturated rings. The van der Waals surface area contributed by atoms with Crippen LogP contribution in [0.5, 0.6) is 11.5 Å². The summed E-state index contributed by atoms with van der Waals surface area (Å²) >= 11 is 0. The van der Waals surface area contributed by atoms with Crippen LogP contribution in [0.4, 0.5) is 0 Å². The van der Waals surface area contributed by atoms with Gasteiger partial charge in [-0.3, -0.25) is 0 Å². The van der Waals surface area contributed by atoms with Crippen LogP contribution in [0.25, 0.3) is 22.6 Å². The largest absolute Gasteiger partial charge is 0.491 e. The minimum absolute atomic E-state index is 0.0239. The van der Waals surface area contributed by atoms with Crippen molar-refractivity contribution in [3.8, 4) is 22.9 Å². The first-order chi connectivity index (χ1) is 12.3. The summed E-state index contributed by atoms with van der Waals surface area (Å²) in [5, 5.41) is 9.11. The first kappa shape index (κ1) is 17.7. The Morgan fingerprint density at radius 1 is 1.12 bits per heavy atom. The third-order valence-electron chi connectivity index (χ3n) is 3.53. The van der Waals surface area contributed by atoms with E-state index in [4.69, 9.17) is 14.6 Å². The second-order valence-electron chi connectivity index (χ2n) is 6.48. The number of carboxylic acids is 1. The highest BCUT2D eigenvalue weighted by atomic mass is 16.5. The Morgan fingerprint density at radius 3 is 2.50 bits per heavy atom. The van der Waals surface area contributed by atoms with E-state index < -0.39 is 5.97 Å². The summed E-state index contributed by atoms with van der Waals surface area (Å²) in [4.78, 5) is 22.8. The molecule has 7 heteroatoms. The molecule has 0 unspecified atom stereocenters. The lowest BCUT2D eigenvalue weighted by Gasteiger charge is -2.16. The standard InChI is InChI=1S/C19H21N3O4/c1-10(2)25-13-5-6-14(16(8-13)26-11(3)4)17-21-15-7-12(19(23)24)9-20-18(15)22-17/h5-11H,1-4H3,(H,23,24)(H,20,21,22). The number of ether oxygens (including phenoxy) is 2. The van der Waals surface area contributed by atoms with Crippen molar-refractivity contribution in [1.82, 2.24) is 15.0 Å². The number of imidazole rings is 1. The lowest BCUT2D eigenvalue weighted by Crippen LogP contribution is -2.09. The third-order valence-corrected chi connectivity index (χ3v) is 3.53. The summed E-state index contributed by atoms with van der Waals surface area (Å²) in [7, 11) is 0. The van der Waals surface area contributed by atoms with Gasteiger partial charge in [0.15, 0.2) is 5.65 Å². The van der Waals surface area contributed by atoms with Crippen molar-refractivity contribution in [2.75, 3.05) is 0 Å². The zero-order valence-corrected chi connectivity index (χ0v) is 15.1. The molecule has 2 N–H and O–H groups in total. The van der Waals surface area contributed by atoms with E-state index in [-0.39, 0.29) is 17.8 Å². The minimum Gasteiger partial charge on any atom is -0.491 e. The number of benzene rings is 1. The molecule has 0 atom stereocenters. The fraction of sp³-hybridized carbons (Fsp3) is 0.316. The number of pyridine rings is 1. The summed E-state index contributed by atoms with van der Waals surface area (Å²) in [5.74, 6) is 0.869. The number of H-pyrrole nitrogens is 1. The fourth-order valence-corrected chi connectivity index (χ4v) is 2.54. The Hall–Kier alpha value is -3.09. The van der Waals surface area contributed by atoms with Crippen molar-refractivity contribution >= 4 is 17.1 Å². The predicted octanol–water partition coefficient (Wildman–Crippen LogP) is 3.90. The van der Waals surface area contributed by atoms with E-state index in [1.54, 1.807) is 0 Å². The molecule has 2 heterocycles. The van der Waals surface area contributed by atoms with Gasteiger partial charge in [0.25, 0.3) is 0 Å². The zero-order chi connectivity index (χ0) is 18.8. The zero-order valence-electron chi connectivity index (χ0n) is 15.1. The molecule has 0 radical (unpaired) electrons. The van der Waals surface area contributed by atoms with Gasteiger partial charge >= 0.3 is 5.97 Å². The van der Waals surface area contributed by atoms with Crippen LogP contribution >= 0.6 is 0 Å². The van der Waals surface area contributed by atoms with Crippen molar-refractivity contribution < 1.29 is 19.4 Å². The fourth-order valence-electron chi connectivity index (χ4n) is 2.54. The van der Waals surface area contributed by atoms with Gasteiger partial charge in [-0.2, -0.15) is 0 Å². The van der Waals surface area contributed by atoms with Crippen molar-refractivity contribution in [1.29, 1.82) is 0 Å². The Kier molecular flexibility index (Phi) is 4.79. The van der Waals surface area contributed by atoms with Crippen molar-refractivity contribution in [3.05, 3.63) is 36.0 Å². The average molecular weight is 355 g/mol. The molecule has 0 amide bonds. The van der Waals surface area contributed by atoms with Gasteiger partial charge in [0.1, 0.15) is 17.3 Å². The van der Waals surface area contributed by atoms with E-state index in [0.717, 1.165) is 5.56 Å². The average Bonchev–Trinajstić information content (AvgIpc) is 2.96. The maximum absolute atomic E-state index is 11.1. The first-order valence-corrected chi connectivity index (χ1v) is 8.40. The third kappa shape index (κ3) is 3.77. The molecule has 0 spiro atoms. The molecule has 2 aromatic heterocycles. The Labute approximate surface area is 151 Å². The number of hydrogen-bond acceptors (Lipinski definition) is 5. The first-order valence-electron chi connectivity index (χ1n) is 8.40. The van der Waals surface area contributed by atoms with Crippen LogP contribution in [-0.4, -0.2) is 38.2 Å². The number of hydrogen-bond donors (Lipinski definition) is 2. The molecular formula is C19H21N3O4. The highest BCUT2D eigenvalue weighted by Gasteiger charge is 2.16. The highest BCUT2D eigenvalue weighted by Crippen LogP contribution is 2.34. The van der Waals surface area contributed by atoms with Crippen LogP contribution in [0.2, 0.25) is 0 Å². The second-order valence-corrected chi connectivity index (χ2v) is 6.48. The van der Waals surface area contributed by atoms with Crippen molar-refractivity contribution in [2.45, 2.75) is 39.9 Å². The molecule has 26 heavy (non-hydrogen) atoms. The number of aromatic amines is 1. The van der Waals surface area contributed by atoms with Crippen LogP contribution in [0, 0.1) is 0 Å². The van der Waals surface area contributed by atoms with E-state index in [1.165, 1.54) is 12.3 Å². The number of nitrogens with zero attached hydrogens (tertiary/aromatic N) is 2. The van der Waals surface area contributed by atoms with Gasteiger partial charge in [-0.1, -0.05) is 0 Å². The number of carboxylic acid groups (broad SMARTS) is 1. The van der Waals surface area contributed by atoms with Crippen molar-refractivity contribution in [2.24, 2.45) is 0 Å². The van der Waals surface area contributed by atoms with E-state index in [0.29, 0.717) is 28.5 Å². The number of nitrogens with one attached hydrogen (secondary N) is 1. The van der Waals surface area contributed by atoms with E-state index >= 15 is 0 Å². The van der Waals surface area contributed by atoms with Crippen LogP contribution in [-0.2, 0) is 0 Å². The molecule has 1 aromatic carbocycles. The topological polar surface area (TPSA) is 97.3 Å². The number of aromatic nitrogens is 3. The van der Waals surface area contributed by atoms with Gasteiger partial charge < -0.3 is 19.6 Å². The van der Waals surface area contributed by atoms with Gasteiger partial charge in [-0.25, -0.2) is 14.8 Å². The Bertz CT molecular complexity index is 947. The number of fused-ring (bicyclic) bond motifs is 1. The summed E-state index contributed by atoms with van der Waals surface area (Å²) in [6.45, 7) is 7.81. The molecule has 0 aliphatic heterocycles. The second kappa shape index (κ2) is 7.03. The smallest absolute Gasteiger partial charge is 0.337 e. The van der Waals surface area contributed by atoms with Gasteiger partial charge in [0.05, 0.1) is 28.9 Å². The lowest BCUT2D eigenvalue weighted by atomic mass is 10.1. The summed E-state index contributed by atoms with van der Waals surface area (Å²) in [6.07, 6.45) is 1.32. The molecule has 3 rings (SSSR count). The van der Waals surface area contributed by atoms with Gasteiger partial charge in [0.2, 0.25) is 0 Å². The molecule has 0 bridgehead atoms. The summed E-state index contributed by atoms with van der Waals surface area (Å²) < 4.78 is 11.7. The minimum atomic E-state index is -1.03. The monoisotopic (exact) mass is 355 g/mol. The van der Waals surface area contributed by atoms with Crippen LogP contribution < -0.4 is 9.47 Å². The maximum atomic E-state index is 11.1. The van der Waals surface area contributed by atoms with Crippen LogP contribution in [0.15, 0.2) is 30.5 Å². The SMILES string of the molecule is CC(C)Oc1ccc(-c2nc3ncc(C(=O)O)cc3[nH]2)c(OC(C)C)c1. The van der Waals surface area contributed by atoms with Gasteiger partial charge in [-0.05, 0) is 45.9 Å². The Morgan fingerprint density at radius 2 is 1.85 bits per heavy atom. The van der Waals surface area contributed by atoms with Crippen LogP contribution in [0.3, 0.4) is 0 Å². The maximum Gasteiger partial charge on any atom is 0.337 e. The Balaban J connectivity index is 2.06. The lowest BCUT2D eigenvalue weighted by molar-refractivity contribution is 0.0696. The molecule has 0 aliphatic rings. The van der Waals surface area contributed by atoms with Gasteiger partial charge in [0, 0.05) is 12.3 Å². The highest BCUT2D eigenvalue weighted by molar-refractivity contribution is 5.91. The van der Waals surface area contributed by atoms with Crippen LogP contribution in [0.1, 0.15) is 38.1 Å². The molecule has 136 valence electrons. The van der Waals surface area contributed by atoms with E-state index in [1.807, 2.05) is 45.9 Å². The number of rotatable bonds is 6. The molecule has 3 aromatic rings. The summed E-state index contributed by atoms with van der Waals surface area (Å²) in [6, 6.07) is 7.07. The predicted molar refractivity (Wildman–Crippen MR) is 97.8 cm³/mol. The molecule has 7 nitrogen and oxygen atoms in total. The number of aromatic carboxylic acids is 1. The van der Waals surface area contributed by atoms with Crippen molar-refractivity contribution in [3.63, 3.8) is 0 Å². The normalized spacial score (nSPS) is 11.3. The molecule has 0 saturated carbocycles. The van der Waals surface area contributed by atoms with Gasteiger partial charge in [-0.15, -0.1) is 0 Å². The molecular weight excluding hydrogens is 334 g/mol. The molecule has 0 saturated heterocycles. The summed E-state index contributed by atoms with van der Waals surface area (Å²) in [5.41, 5.74) is 1.86. The molecule has 0 aliphatic carbocycles. The van der Waals surface area contributed by atoms with E-state index in [2.05, 4.69) is 15.0 Å². The van der Waals surface area contributed by atoms with E-state index in [9.17, 15) is 4.79 Å². The number of carbonyl (C=O) groups is 1. The quantitative estimate of drug-likeness (QED) is 0.696.